The van der Waals surface area contributed by atoms with Crippen molar-refractivity contribution in [3.05, 3.63) is 47.5 Å². The van der Waals surface area contributed by atoms with E-state index in [2.05, 4.69) is 60.0 Å². The molecule has 0 bridgehead atoms. The van der Waals surface area contributed by atoms with Gasteiger partial charge >= 0.3 is 0 Å². The van der Waals surface area contributed by atoms with Crippen LogP contribution in [0.1, 0.15) is 33.1 Å². The van der Waals surface area contributed by atoms with Crippen molar-refractivity contribution in [1.29, 1.82) is 0 Å². The van der Waals surface area contributed by atoms with E-state index in [1.807, 2.05) is 17.8 Å². The van der Waals surface area contributed by atoms with Crippen LogP contribution in [0.3, 0.4) is 0 Å². The van der Waals surface area contributed by atoms with Crippen LogP contribution in [0, 0.1) is 0 Å². The van der Waals surface area contributed by atoms with Crippen LogP contribution in [0.5, 0.6) is 0 Å². The van der Waals surface area contributed by atoms with E-state index in [0.717, 1.165) is 24.5 Å². The highest BCUT2D eigenvalue weighted by Crippen LogP contribution is 2.48. The maximum atomic E-state index is 6.30. The number of para-hydroxylation sites is 1. The van der Waals surface area contributed by atoms with Crippen LogP contribution in [-0.2, 0) is 0 Å². The second-order valence-electron chi connectivity index (χ2n) is 7.59. The van der Waals surface area contributed by atoms with Gasteiger partial charge in [0.25, 0.3) is 0 Å². The molecule has 0 radical (unpaired) electrons. The van der Waals surface area contributed by atoms with Gasteiger partial charge in [0, 0.05) is 33.4 Å². The van der Waals surface area contributed by atoms with Crippen LogP contribution >= 0.6 is 23.4 Å². The Morgan fingerprint density at radius 3 is 2.64 bits per heavy atom. The first kappa shape index (κ1) is 17.3. The lowest BCUT2D eigenvalue weighted by molar-refractivity contribution is 0.174. The van der Waals surface area contributed by atoms with Gasteiger partial charge in [-0.2, -0.15) is 0 Å². The quantitative estimate of drug-likeness (QED) is 0.630. The summed E-state index contributed by atoms with van der Waals surface area (Å²) in [6.07, 6.45) is 3.80. The molecule has 4 heteroatoms. The molecule has 25 heavy (non-hydrogen) atoms. The SMILES string of the molecule is CC1(C)CCCN1CCCN1c2ccccc2Sc2ccc(Cl)cc21. The van der Waals surface area contributed by atoms with Gasteiger partial charge < -0.3 is 4.90 Å². The zero-order valence-electron chi connectivity index (χ0n) is 15.0. The van der Waals surface area contributed by atoms with Gasteiger partial charge in [-0.1, -0.05) is 35.5 Å². The van der Waals surface area contributed by atoms with Gasteiger partial charge in [0.1, 0.15) is 0 Å². The molecule has 1 fully saturated rings. The minimum Gasteiger partial charge on any atom is -0.340 e. The largest absolute Gasteiger partial charge is 0.340 e. The Bertz CT molecular complexity index is 774. The molecule has 0 aliphatic carbocycles. The van der Waals surface area contributed by atoms with Gasteiger partial charge in [0.15, 0.2) is 0 Å². The van der Waals surface area contributed by atoms with Crippen molar-refractivity contribution in [2.75, 3.05) is 24.5 Å². The molecule has 0 amide bonds. The Labute approximate surface area is 160 Å². The molecule has 0 saturated carbocycles. The van der Waals surface area contributed by atoms with Gasteiger partial charge in [-0.25, -0.2) is 0 Å². The Kier molecular flexibility index (Phi) is 4.74. The molecule has 2 aliphatic heterocycles. The van der Waals surface area contributed by atoms with Gasteiger partial charge in [-0.3, -0.25) is 4.90 Å². The highest BCUT2D eigenvalue weighted by Gasteiger charge is 2.31. The van der Waals surface area contributed by atoms with E-state index < -0.39 is 0 Å². The number of likely N-dealkylation sites (tertiary alicyclic amines) is 1. The summed E-state index contributed by atoms with van der Waals surface area (Å²) >= 11 is 8.14. The predicted molar refractivity (Wildman–Crippen MR) is 109 cm³/mol. The number of fused-ring (bicyclic) bond motifs is 2. The van der Waals surface area contributed by atoms with Crippen LogP contribution in [0.15, 0.2) is 52.3 Å². The zero-order valence-corrected chi connectivity index (χ0v) is 16.5. The van der Waals surface area contributed by atoms with E-state index in [9.17, 15) is 0 Å². The van der Waals surface area contributed by atoms with Crippen LogP contribution in [0.2, 0.25) is 5.02 Å². The summed E-state index contributed by atoms with van der Waals surface area (Å²) in [5, 5.41) is 0.810. The minimum atomic E-state index is 0.358. The summed E-state index contributed by atoms with van der Waals surface area (Å²) in [6.45, 7) is 8.18. The molecule has 0 atom stereocenters. The highest BCUT2D eigenvalue weighted by atomic mass is 35.5. The molecule has 132 valence electrons. The fourth-order valence-corrected chi connectivity index (χ4v) is 5.28. The van der Waals surface area contributed by atoms with Crippen molar-refractivity contribution >= 4 is 34.7 Å². The van der Waals surface area contributed by atoms with Crippen molar-refractivity contribution in [2.24, 2.45) is 0 Å². The monoisotopic (exact) mass is 372 g/mol. The number of halogens is 1. The van der Waals surface area contributed by atoms with Crippen LogP contribution < -0.4 is 4.90 Å². The molecule has 2 aromatic rings. The summed E-state index contributed by atoms with van der Waals surface area (Å²) in [5.74, 6) is 0. The van der Waals surface area contributed by atoms with Gasteiger partial charge in [-0.05, 0) is 70.0 Å². The molecule has 2 nitrogen and oxygen atoms in total. The summed E-state index contributed by atoms with van der Waals surface area (Å²) in [7, 11) is 0. The van der Waals surface area contributed by atoms with Crippen molar-refractivity contribution in [3.8, 4) is 0 Å². The molecule has 1 saturated heterocycles. The van der Waals surface area contributed by atoms with Crippen molar-refractivity contribution in [2.45, 2.75) is 48.4 Å². The molecule has 2 aliphatic rings. The number of hydrogen-bond donors (Lipinski definition) is 0. The van der Waals surface area contributed by atoms with E-state index in [0.29, 0.717) is 5.54 Å². The number of benzene rings is 2. The van der Waals surface area contributed by atoms with Gasteiger partial charge in [-0.15, -0.1) is 0 Å². The van der Waals surface area contributed by atoms with Crippen LogP contribution in [0.4, 0.5) is 11.4 Å². The second-order valence-corrected chi connectivity index (χ2v) is 9.11. The Balaban J connectivity index is 1.55. The third-order valence-corrected chi connectivity index (χ3v) is 6.84. The van der Waals surface area contributed by atoms with E-state index in [4.69, 9.17) is 11.6 Å². The summed E-state index contributed by atoms with van der Waals surface area (Å²) in [4.78, 5) is 7.73. The predicted octanol–water partition coefficient (Wildman–Crippen LogP) is 6.21. The lowest BCUT2D eigenvalue weighted by Gasteiger charge is -2.35. The van der Waals surface area contributed by atoms with Crippen molar-refractivity contribution in [3.63, 3.8) is 0 Å². The number of nitrogens with zero attached hydrogens (tertiary/aromatic N) is 2. The molecule has 2 aromatic carbocycles. The van der Waals surface area contributed by atoms with Gasteiger partial charge in [0.2, 0.25) is 0 Å². The Morgan fingerprint density at radius 2 is 1.84 bits per heavy atom. The second kappa shape index (κ2) is 6.86. The summed E-state index contributed by atoms with van der Waals surface area (Å²) in [5.41, 5.74) is 2.91. The van der Waals surface area contributed by atoms with E-state index in [1.54, 1.807) is 0 Å². The Hall–Kier alpha value is -1.16. The molecule has 4 rings (SSSR count). The molecule has 2 heterocycles. The highest BCUT2D eigenvalue weighted by molar-refractivity contribution is 7.99. The zero-order chi connectivity index (χ0) is 17.4. The first-order valence-electron chi connectivity index (χ1n) is 9.14. The van der Waals surface area contributed by atoms with E-state index in [1.165, 1.54) is 40.6 Å². The lowest BCUT2D eigenvalue weighted by Crippen LogP contribution is -2.39. The Morgan fingerprint density at radius 1 is 1.04 bits per heavy atom. The molecular weight excluding hydrogens is 348 g/mol. The normalized spacial score (nSPS) is 18.9. The van der Waals surface area contributed by atoms with Crippen molar-refractivity contribution in [1.82, 2.24) is 4.90 Å². The van der Waals surface area contributed by atoms with Crippen LogP contribution in [0.25, 0.3) is 0 Å². The first-order chi connectivity index (χ1) is 12.0. The smallest absolute Gasteiger partial charge is 0.0567 e. The molecular formula is C21H25ClN2S. The van der Waals surface area contributed by atoms with E-state index in [-0.39, 0.29) is 0 Å². The summed E-state index contributed by atoms with van der Waals surface area (Å²) < 4.78 is 0. The fraction of sp³-hybridized carbons (Fsp3) is 0.429. The molecule has 0 N–H and O–H groups in total. The van der Waals surface area contributed by atoms with Gasteiger partial charge in [0.05, 0.1) is 11.4 Å². The number of anilines is 2. The average molecular weight is 373 g/mol. The standard InChI is InChI=1S/C21H25ClN2S/c1-21(2)11-5-12-23(21)13-6-14-24-17-7-3-4-8-19(17)25-20-10-9-16(22)15-18(20)24/h3-4,7-10,15H,5-6,11-14H2,1-2H3. The first-order valence-corrected chi connectivity index (χ1v) is 10.3. The molecule has 0 aromatic heterocycles. The molecule has 0 spiro atoms. The third kappa shape index (κ3) is 3.42. The fourth-order valence-electron chi connectivity index (χ4n) is 4.04. The maximum Gasteiger partial charge on any atom is 0.0567 e. The van der Waals surface area contributed by atoms with Crippen LogP contribution in [-0.4, -0.2) is 30.1 Å². The average Bonchev–Trinajstić information content (AvgIpc) is 2.93. The van der Waals surface area contributed by atoms with E-state index >= 15 is 0 Å². The number of hydrogen-bond acceptors (Lipinski definition) is 3. The van der Waals surface area contributed by atoms with Crippen molar-refractivity contribution < 1.29 is 0 Å². The third-order valence-electron chi connectivity index (χ3n) is 5.47. The maximum absolute atomic E-state index is 6.30. The number of rotatable bonds is 4. The topological polar surface area (TPSA) is 6.48 Å². The minimum absolute atomic E-state index is 0.358. The lowest BCUT2D eigenvalue weighted by atomic mass is 10.0. The molecule has 0 unspecified atom stereocenters. The summed E-state index contributed by atoms with van der Waals surface area (Å²) in [6, 6.07) is 14.9.